The number of hydrogen-bond acceptors (Lipinski definition) is 2. The smallest absolute Gasteiger partial charge is 0.319 e. The first-order valence-corrected chi connectivity index (χ1v) is 4.67. The van der Waals surface area contributed by atoms with Gasteiger partial charge in [0.15, 0.2) is 0 Å². The third kappa shape index (κ3) is 3.16. The van der Waals surface area contributed by atoms with Crippen molar-refractivity contribution >= 4 is 11.7 Å². The van der Waals surface area contributed by atoms with Gasteiger partial charge in [-0.05, 0) is 19.1 Å². The average molecular weight is 230 g/mol. The molecule has 0 heterocycles. The molecule has 4 nitrogen and oxygen atoms in total. The lowest BCUT2D eigenvalue weighted by molar-refractivity contribution is 0.229. The number of carbonyl (C=O) groups excluding carboxylic acids is 1. The quantitative estimate of drug-likeness (QED) is 0.736. The van der Waals surface area contributed by atoms with Crippen LogP contribution in [0.25, 0.3) is 0 Å². The maximum absolute atomic E-state index is 13.1. The van der Waals surface area contributed by atoms with E-state index < -0.39 is 29.4 Å². The average Bonchev–Trinajstić information content (AvgIpc) is 2.23. The fourth-order valence-corrected chi connectivity index (χ4v) is 1.04. The summed E-state index contributed by atoms with van der Waals surface area (Å²) in [5, 5.41) is 13.0. The highest BCUT2D eigenvalue weighted by Gasteiger charge is 2.12. The molecule has 0 fully saturated rings. The number of halogens is 2. The van der Waals surface area contributed by atoms with Gasteiger partial charge in [0, 0.05) is 0 Å². The number of carbonyl (C=O) groups is 1. The number of hydrogen-bond donors (Lipinski definition) is 3. The first kappa shape index (κ1) is 12.4. The molecule has 1 atom stereocenters. The SMILES string of the molecule is CC(CO)NC(=O)Nc1c(F)cccc1F. The Morgan fingerprint density at radius 3 is 2.50 bits per heavy atom. The summed E-state index contributed by atoms with van der Waals surface area (Å²) in [6.07, 6.45) is 0. The second-order valence-corrected chi connectivity index (χ2v) is 3.28. The van der Waals surface area contributed by atoms with Crippen molar-refractivity contribution in [3.05, 3.63) is 29.8 Å². The van der Waals surface area contributed by atoms with Gasteiger partial charge in [0.05, 0.1) is 12.6 Å². The Morgan fingerprint density at radius 1 is 1.44 bits per heavy atom. The van der Waals surface area contributed by atoms with Crippen LogP contribution in [0.4, 0.5) is 19.3 Å². The summed E-state index contributed by atoms with van der Waals surface area (Å²) in [5.41, 5.74) is -0.509. The van der Waals surface area contributed by atoms with E-state index in [-0.39, 0.29) is 6.61 Å². The zero-order valence-corrected chi connectivity index (χ0v) is 8.63. The first-order valence-electron chi connectivity index (χ1n) is 4.67. The van der Waals surface area contributed by atoms with E-state index in [0.717, 1.165) is 12.1 Å². The molecule has 0 bridgehead atoms. The Balaban J connectivity index is 2.70. The molecule has 0 aliphatic carbocycles. The molecule has 0 radical (unpaired) electrons. The van der Waals surface area contributed by atoms with Gasteiger partial charge in [-0.2, -0.15) is 0 Å². The predicted octanol–water partition coefficient (Wildman–Crippen LogP) is 1.47. The molecule has 0 aliphatic heterocycles. The lowest BCUT2D eigenvalue weighted by Crippen LogP contribution is -2.38. The van der Waals surface area contributed by atoms with Gasteiger partial charge in [0.25, 0.3) is 0 Å². The number of amides is 2. The highest BCUT2D eigenvalue weighted by atomic mass is 19.1. The van der Waals surface area contributed by atoms with E-state index in [1.165, 1.54) is 6.07 Å². The van der Waals surface area contributed by atoms with E-state index in [1.807, 2.05) is 5.32 Å². The van der Waals surface area contributed by atoms with Gasteiger partial charge < -0.3 is 15.7 Å². The first-order chi connectivity index (χ1) is 7.54. The predicted molar refractivity (Wildman–Crippen MR) is 55.1 cm³/mol. The number of aliphatic hydroxyl groups is 1. The molecule has 1 aromatic rings. The van der Waals surface area contributed by atoms with Crippen LogP contribution in [0.1, 0.15) is 6.92 Å². The zero-order chi connectivity index (χ0) is 12.1. The molecule has 6 heteroatoms. The maximum Gasteiger partial charge on any atom is 0.319 e. The molecule has 1 aromatic carbocycles. The molecule has 1 rings (SSSR count). The van der Waals surface area contributed by atoms with Crippen LogP contribution in [0.2, 0.25) is 0 Å². The third-order valence-electron chi connectivity index (χ3n) is 1.85. The van der Waals surface area contributed by atoms with Crippen molar-refractivity contribution in [2.24, 2.45) is 0 Å². The number of benzene rings is 1. The van der Waals surface area contributed by atoms with Gasteiger partial charge in [-0.1, -0.05) is 6.07 Å². The Labute approximate surface area is 91.3 Å². The minimum absolute atomic E-state index is 0.257. The molecule has 1 unspecified atom stereocenters. The molecular formula is C10H12F2N2O2. The number of rotatable bonds is 3. The second-order valence-electron chi connectivity index (χ2n) is 3.28. The number of para-hydroxylation sites is 1. The van der Waals surface area contributed by atoms with Crippen LogP contribution < -0.4 is 10.6 Å². The number of urea groups is 1. The molecular weight excluding hydrogens is 218 g/mol. The van der Waals surface area contributed by atoms with Crippen molar-refractivity contribution in [2.45, 2.75) is 13.0 Å². The largest absolute Gasteiger partial charge is 0.394 e. The summed E-state index contributed by atoms with van der Waals surface area (Å²) < 4.78 is 26.2. The van der Waals surface area contributed by atoms with Crippen molar-refractivity contribution in [3.8, 4) is 0 Å². The molecule has 2 amide bonds. The lowest BCUT2D eigenvalue weighted by Gasteiger charge is -2.12. The monoisotopic (exact) mass is 230 g/mol. The minimum atomic E-state index is -0.855. The normalized spacial score (nSPS) is 12.0. The van der Waals surface area contributed by atoms with Crippen LogP contribution in [0.15, 0.2) is 18.2 Å². The number of aliphatic hydroxyl groups excluding tert-OH is 1. The van der Waals surface area contributed by atoms with Gasteiger partial charge in [-0.25, -0.2) is 13.6 Å². The highest BCUT2D eigenvalue weighted by Crippen LogP contribution is 2.17. The van der Waals surface area contributed by atoms with Crippen molar-refractivity contribution in [1.29, 1.82) is 0 Å². The van der Waals surface area contributed by atoms with Crippen LogP contribution >= 0.6 is 0 Å². The molecule has 0 spiro atoms. The number of anilines is 1. The molecule has 88 valence electrons. The van der Waals surface area contributed by atoms with Crippen LogP contribution in [0.3, 0.4) is 0 Å². The van der Waals surface area contributed by atoms with Crippen LogP contribution in [-0.2, 0) is 0 Å². The molecule has 3 N–H and O–H groups in total. The maximum atomic E-state index is 13.1. The Kier molecular flexibility index (Phi) is 4.19. The van der Waals surface area contributed by atoms with Crippen molar-refractivity contribution in [3.63, 3.8) is 0 Å². The lowest BCUT2D eigenvalue weighted by atomic mass is 10.3. The topological polar surface area (TPSA) is 61.4 Å². The van der Waals surface area contributed by atoms with Gasteiger partial charge in [-0.3, -0.25) is 0 Å². The van der Waals surface area contributed by atoms with Crippen molar-refractivity contribution < 1.29 is 18.7 Å². The summed E-state index contributed by atoms with van der Waals surface area (Å²) in [6.45, 7) is 1.30. The van der Waals surface area contributed by atoms with Gasteiger partial charge in [-0.15, -0.1) is 0 Å². The van der Waals surface area contributed by atoms with E-state index >= 15 is 0 Å². The van der Waals surface area contributed by atoms with E-state index in [4.69, 9.17) is 5.11 Å². The Morgan fingerprint density at radius 2 is 2.00 bits per heavy atom. The third-order valence-corrected chi connectivity index (χ3v) is 1.85. The van der Waals surface area contributed by atoms with E-state index in [2.05, 4.69) is 5.32 Å². The van der Waals surface area contributed by atoms with Gasteiger partial charge >= 0.3 is 6.03 Å². The van der Waals surface area contributed by atoms with Crippen LogP contribution in [-0.4, -0.2) is 23.8 Å². The fraction of sp³-hybridized carbons (Fsp3) is 0.300. The standard InChI is InChI=1S/C10H12F2N2O2/c1-6(5-15)13-10(16)14-9-7(11)3-2-4-8(9)12/h2-4,6,15H,5H2,1H3,(H2,13,14,16). The molecule has 0 saturated heterocycles. The molecule has 0 aromatic heterocycles. The fourth-order valence-electron chi connectivity index (χ4n) is 1.04. The summed E-state index contributed by atoms with van der Waals surface area (Å²) in [5.74, 6) is -1.71. The Hall–Kier alpha value is -1.69. The van der Waals surface area contributed by atoms with E-state index in [0.29, 0.717) is 0 Å². The van der Waals surface area contributed by atoms with Crippen LogP contribution in [0, 0.1) is 11.6 Å². The summed E-state index contributed by atoms with van der Waals surface area (Å²) in [7, 11) is 0. The van der Waals surface area contributed by atoms with E-state index in [9.17, 15) is 13.6 Å². The second kappa shape index (κ2) is 5.41. The number of nitrogens with one attached hydrogen (secondary N) is 2. The Bertz CT molecular complexity index is 365. The van der Waals surface area contributed by atoms with Crippen molar-refractivity contribution in [1.82, 2.24) is 5.32 Å². The molecule has 0 saturated carbocycles. The summed E-state index contributed by atoms with van der Waals surface area (Å²) >= 11 is 0. The molecule has 0 aliphatic rings. The summed E-state index contributed by atoms with van der Waals surface area (Å²) in [6, 6.07) is 2.01. The highest BCUT2D eigenvalue weighted by molar-refractivity contribution is 5.89. The van der Waals surface area contributed by atoms with Crippen molar-refractivity contribution in [2.75, 3.05) is 11.9 Å². The minimum Gasteiger partial charge on any atom is -0.394 e. The van der Waals surface area contributed by atoms with Gasteiger partial charge in [0.2, 0.25) is 0 Å². The van der Waals surface area contributed by atoms with E-state index in [1.54, 1.807) is 6.92 Å². The zero-order valence-electron chi connectivity index (χ0n) is 8.63. The van der Waals surface area contributed by atoms with Gasteiger partial charge in [0.1, 0.15) is 17.3 Å². The molecule has 16 heavy (non-hydrogen) atoms. The van der Waals surface area contributed by atoms with Crippen LogP contribution in [0.5, 0.6) is 0 Å². The summed E-state index contributed by atoms with van der Waals surface area (Å²) in [4.78, 5) is 11.2.